The first kappa shape index (κ1) is 26.4. The molecule has 0 fully saturated rings. The number of aromatic nitrogens is 1. The van der Waals surface area contributed by atoms with Gasteiger partial charge >= 0.3 is 12.1 Å². The zero-order valence-electron chi connectivity index (χ0n) is 18.6. The highest BCUT2D eigenvalue weighted by molar-refractivity contribution is 6.03. The van der Waals surface area contributed by atoms with Crippen LogP contribution in [-0.4, -0.2) is 30.8 Å². The average Bonchev–Trinajstić information content (AvgIpc) is 2.79. The molecule has 0 saturated heterocycles. The molecule has 0 aliphatic rings. The molecule has 2 rings (SSSR count). The van der Waals surface area contributed by atoms with E-state index in [1.807, 2.05) is 13.8 Å². The number of rotatable bonds is 7. The maximum atomic E-state index is 13.2. The topological polar surface area (TPSA) is 72.8 Å². The van der Waals surface area contributed by atoms with Crippen LogP contribution in [0.25, 0.3) is 0 Å². The predicted octanol–water partition coefficient (Wildman–Crippen LogP) is 6.28. The molecule has 0 bridgehead atoms. The molecule has 1 heterocycles. The second-order valence-corrected chi connectivity index (χ2v) is 5.90. The summed E-state index contributed by atoms with van der Waals surface area (Å²) in [5, 5.41) is 3.05. The molecule has 32 heavy (non-hydrogen) atoms. The molecule has 9 heteroatoms. The van der Waals surface area contributed by atoms with Gasteiger partial charge in [0.15, 0.2) is 0 Å². The van der Waals surface area contributed by atoms with E-state index >= 15 is 0 Å². The van der Waals surface area contributed by atoms with Gasteiger partial charge in [-0.25, -0.2) is 9.78 Å². The monoisotopic (exact) mass is 449 g/mol. The van der Waals surface area contributed by atoms with Crippen LogP contribution in [0.1, 0.15) is 36.7 Å². The van der Waals surface area contributed by atoms with Crippen LogP contribution in [0.2, 0.25) is 0 Å². The molecule has 1 aromatic carbocycles. The molecule has 0 atom stereocenters. The van der Waals surface area contributed by atoms with E-state index in [4.69, 9.17) is 9.47 Å². The summed E-state index contributed by atoms with van der Waals surface area (Å²) in [6.45, 7) is 9.40. The quantitative estimate of drug-likeness (QED) is 0.306. The highest BCUT2D eigenvalue weighted by Gasteiger charge is 2.35. The van der Waals surface area contributed by atoms with Crippen LogP contribution in [0.5, 0.6) is 11.6 Å². The number of hydrogen-bond donors (Lipinski definition) is 1. The first-order valence-electron chi connectivity index (χ1n) is 9.67. The predicted molar refractivity (Wildman–Crippen MR) is 119 cm³/mol. The Morgan fingerprint density at radius 1 is 1.25 bits per heavy atom. The molecule has 0 spiro atoms. The van der Waals surface area contributed by atoms with Crippen molar-refractivity contribution in [3.8, 4) is 11.6 Å². The van der Waals surface area contributed by atoms with Gasteiger partial charge in [-0.15, -0.1) is 0 Å². The third-order valence-corrected chi connectivity index (χ3v) is 3.97. The Kier molecular flexibility index (Phi) is 10.1. The van der Waals surface area contributed by atoms with Gasteiger partial charge in [-0.2, -0.15) is 13.2 Å². The minimum atomic E-state index is -4.64. The number of benzene rings is 1. The smallest absolute Gasteiger partial charge is 0.421 e. The third kappa shape index (κ3) is 6.97. The van der Waals surface area contributed by atoms with Gasteiger partial charge in [0.2, 0.25) is 5.88 Å². The second-order valence-electron chi connectivity index (χ2n) is 5.90. The number of nitrogens with zero attached hydrogens (tertiary/aromatic N) is 2. The maximum absolute atomic E-state index is 13.2. The average molecular weight is 449 g/mol. The first-order chi connectivity index (χ1) is 15.2. The summed E-state index contributed by atoms with van der Waals surface area (Å²) in [4.78, 5) is 20.0. The van der Waals surface area contributed by atoms with Crippen LogP contribution in [0.4, 0.5) is 18.9 Å². The number of carbonyl (C=O) groups excluding carboxylic acids is 1. The molecule has 0 amide bonds. The van der Waals surface area contributed by atoms with E-state index in [0.29, 0.717) is 17.1 Å². The van der Waals surface area contributed by atoms with E-state index in [-0.39, 0.29) is 11.3 Å². The summed E-state index contributed by atoms with van der Waals surface area (Å²) in [6, 6.07) is 6.19. The molecular weight excluding hydrogens is 423 g/mol. The van der Waals surface area contributed by atoms with Crippen LogP contribution < -0.4 is 10.1 Å². The maximum Gasteiger partial charge on any atom is 0.421 e. The molecule has 0 radical (unpaired) electrons. The van der Waals surface area contributed by atoms with Crippen molar-refractivity contribution in [2.24, 2.45) is 4.99 Å². The lowest BCUT2D eigenvalue weighted by Gasteiger charge is -2.16. The van der Waals surface area contributed by atoms with Crippen LogP contribution >= 0.6 is 0 Å². The Hall–Kier alpha value is -3.62. The molecule has 2 aromatic rings. The van der Waals surface area contributed by atoms with E-state index in [1.54, 1.807) is 26.1 Å². The number of ether oxygens (including phenoxy) is 2. The van der Waals surface area contributed by atoms with Crippen molar-refractivity contribution in [1.29, 1.82) is 0 Å². The normalized spacial score (nSPS) is 11.8. The second kappa shape index (κ2) is 12.3. The van der Waals surface area contributed by atoms with Crippen molar-refractivity contribution in [3.63, 3.8) is 0 Å². The lowest BCUT2D eigenvalue weighted by atomic mass is 10.1. The number of pyridine rings is 1. The Morgan fingerprint density at radius 2 is 1.94 bits per heavy atom. The number of halogens is 3. The molecule has 0 saturated carbocycles. The minimum Gasteiger partial charge on any atom is -0.465 e. The van der Waals surface area contributed by atoms with E-state index < -0.39 is 23.6 Å². The number of methoxy groups -OCH3 is 1. The molecule has 0 unspecified atom stereocenters. The Morgan fingerprint density at radius 3 is 2.50 bits per heavy atom. The lowest BCUT2D eigenvalue weighted by molar-refractivity contribution is -0.138. The van der Waals surface area contributed by atoms with Crippen molar-refractivity contribution < 1.29 is 27.4 Å². The summed E-state index contributed by atoms with van der Waals surface area (Å²) >= 11 is 0. The number of aliphatic imine (C=N–C) groups is 1. The van der Waals surface area contributed by atoms with Crippen molar-refractivity contribution in [2.75, 3.05) is 19.5 Å². The van der Waals surface area contributed by atoms with Gasteiger partial charge < -0.3 is 14.8 Å². The van der Waals surface area contributed by atoms with Crippen LogP contribution in [-0.2, 0) is 10.9 Å². The van der Waals surface area contributed by atoms with Crippen molar-refractivity contribution in [3.05, 3.63) is 72.1 Å². The van der Waals surface area contributed by atoms with Crippen molar-refractivity contribution in [1.82, 2.24) is 4.98 Å². The molecule has 6 nitrogen and oxygen atoms in total. The zero-order chi connectivity index (χ0) is 24.3. The van der Waals surface area contributed by atoms with Gasteiger partial charge in [-0.1, -0.05) is 26.5 Å². The minimum absolute atomic E-state index is 0.0136. The largest absolute Gasteiger partial charge is 0.465 e. The Labute approximate surface area is 185 Å². The van der Waals surface area contributed by atoms with Crippen LogP contribution in [0, 0.1) is 0 Å². The number of alkyl halides is 3. The van der Waals surface area contributed by atoms with Crippen molar-refractivity contribution >= 4 is 17.4 Å². The third-order valence-electron chi connectivity index (χ3n) is 3.97. The van der Waals surface area contributed by atoms with Gasteiger partial charge in [0.05, 0.1) is 29.8 Å². The molecule has 172 valence electrons. The SMILES string of the molecule is C=C/C=C(/Nc1ccc(Oc2ncccc2C(F)(F)F)cc1C(=O)OC)C(C)=NC.CC. The fourth-order valence-corrected chi connectivity index (χ4v) is 2.41. The van der Waals surface area contributed by atoms with E-state index in [1.165, 1.54) is 31.5 Å². The molecular formula is C23H26F3N3O3. The highest BCUT2D eigenvalue weighted by atomic mass is 19.4. The van der Waals surface area contributed by atoms with E-state index in [0.717, 1.165) is 12.1 Å². The van der Waals surface area contributed by atoms with Gasteiger partial charge in [0.25, 0.3) is 0 Å². The van der Waals surface area contributed by atoms with Gasteiger partial charge in [-0.3, -0.25) is 4.99 Å². The van der Waals surface area contributed by atoms with Gasteiger partial charge in [0, 0.05) is 13.2 Å². The number of allylic oxidation sites excluding steroid dienone is 3. The fraction of sp³-hybridized carbons (Fsp3) is 0.261. The van der Waals surface area contributed by atoms with Crippen LogP contribution in [0.3, 0.4) is 0 Å². The zero-order valence-corrected chi connectivity index (χ0v) is 18.6. The molecule has 1 aromatic heterocycles. The van der Waals surface area contributed by atoms with Gasteiger partial charge in [-0.05, 0) is 43.3 Å². The number of esters is 1. The molecule has 0 aliphatic carbocycles. The summed E-state index contributed by atoms with van der Waals surface area (Å²) < 4.78 is 49.6. The van der Waals surface area contributed by atoms with Crippen molar-refractivity contribution in [2.45, 2.75) is 26.9 Å². The number of anilines is 1. The summed E-state index contributed by atoms with van der Waals surface area (Å²) in [6.07, 6.45) is -0.248. The van der Waals surface area contributed by atoms with Gasteiger partial charge in [0.1, 0.15) is 11.3 Å². The number of hydrogen-bond acceptors (Lipinski definition) is 6. The number of carbonyl (C=O) groups is 1. The standard InChI is InChI=1S/C21H20F3N3O3.C2H6/c1-5-7-17(13(2)25-3)27-18-10-9-14(12-15(18)20(28)29-4)30-19-16(21(22,23)24)8-6-11-26-19;1-2/h5-12,27H,1H2,2-4H3;1-2H3/b17-7+,25-13?;. The van der Waals surface area contributed by atoms with E-state index in [9.17, 15) is 18.0 Å². The summed E-state index contributed by atoms with van der Waals surface area (Å²) in [5.74, 6) is -1.34. The summed E-state index contributed by atoms with van der Waals surface area (Å²) in [5.41, 5.74) is 0.600. The number of nitrogens with one attached hydrogen (secondary N) is 1. The highest BCUT2D eigenvalue weighted by Crippen LogP contribution is 2.37. The Balaban J connectivity index is 0.00000249. The first-order valence-corrected chi connectivity index (χ1v) is 9.67. The summed E-state index contributed by atoms with van der Waals surface area (Å²) in [7, 11) is 2.80. The fourth-order valence-electron chi connectivity index (χ4n) is 2.41. The lowest BCUT2D eigenvalue weighted by Crippen LogP contribution is -2.13. The van der Waals surface area contributed by atoms with Crippen LogP contribution in [0.15, 0.2) is 65.9 Å². The Bertz CT molecular complexity index is 999. The molecule has 0 aliphatic heterocycles. The van der Waals surface area contributed by atoms with E-state index in [2.05, 4.69) is 21.9 Å². The molecule has 1 N–H and O–H groups in total.